The summed E-state index contributed by atoms with van der Waals surface area (Å²) in [5.41, 5.74) is -2.10. The number of hydrogen-bond acceptors (Lipinski definition) is 4. The number of carboxylic acids is 1. The first-order valence-electron chi connectivity index (χ1n) is 3.47. The molecule has 2 atom stereocenters. The van der Waals surface area contributed by atoms with Crippen LogP contribution in [0, 0.1) is 0 Å². The van der Waals surface area contributed by atoms with Gasteiger partial charge in [0.2, 0.25) is 0 Å². The van der Waals surface area contributed by atoms with Crippen LogP contribution in [0.5, 0.6) is 0 Å². The van der Waals surface area contributed by atoms with Crippen molar-refractivity contribution in [1.29, 1.82) is 0 Å². The Balaban J connectivity index is 3.10. The molecule has 0 saturated carbocycles. The molecule has 1 rings (SSSR count). The van der Waals surface area contributed by atoms with Gasteiger partial charge in [0.15, 0.2) is 5.60 Å². The third-order valence-corrected chi connectivity index (χ3v) is 1.98. The Labute approximate surface area is 69.5 Å². The Bertz CT molecular complexity index is 266. The number of rotatable bonds is 1. The molecule has 66 valence electrons. The third-order valence-electron chi connectivity index (χ3n) is 1.98. The molecule has 1 aliphatic carbocycles. The van der Waals surface area contributed by atoms with Gasteiger partial charge in [-0.05, 0) is 12.5 Å². The molecule has 0 aromatic rings. The summed E-state index contributed by atoms with van der Waals surface area (Å²) in [6, 6.07) is 0. The fourth-order valence-corrected chi connectivity index (χ4v) is 1.09. The zero-order chi connectivity index (χ0) is 9.35. The second kappa shape index (κ2) is 2.73. The molecule has 0 radical (unpaired) electrons. The number of carbonyl (C=O) groups excluding carboxylic acids is 1. The van der Waals surface area contributed by atoms with E-state index in [4.69, 9.17) is 0 Å². The van der Waals surface area contributed by atoms with Gasteiger partial charge in [-0.2, -0.15) is 0 Å². The quantitative estimate of drug-likeness (QED) is 0.492. The minimum atomic E-state index is -2.27. The van der Waals surface area contributed by atoms with Crippen molar-refractivity contribution >= 4 is 5.97 Å². The van der Waals surface area contributed by atoms with Gasteiger partial charge in [-0.25, -0.2) is 0 Å². The molecule has 1 aliphatic rings. The summed E-state index contributed by atoms with van der Waals surface area (Å²) in [5, 5.41) is 29.1. The van der Waals surface area contributed by atoms with Crippen LogP contribution in [-0.2, 0) is 4.79 Å². The Hall–Kier alpha value is -1.13. The van der Waals surface area contributed by atoms with Crippen LogP contribution in [0.2, 0.25) is 0 Å². The van der Waals surface area contributed by atoms with Gasteiger partial charge in [0, 0.05) is 0 Å². The molecule has 4 nitrogen and oxygen atoms in total. The van der Waals surface area contributed by atoms with Crippen LogP contribution in [0.1, 0.15) is 6.92 Å². The number of allylic oxidation sites excluding steroid dienone is 2. The summed E-state index contributed by atoms with van der Waals surface area (Å²) in [6.45, 7) is 1.42. The highest BCUT2D eigenvalue weighted by molar-refractivity contribution is 5.81. The standard InChI is InChI=1S/C8H10O4/c1-5-3-2-4-6(9)8(5,12)7(10)11/h2-4,6,9,12H,1H3,(H,10,11)/p-1. The maximum absolute atomic E-state index is 10.5. The smallest absolute Gasteiger partial charge is 0.154 e. The zero-order valence-electron chi connectivity index (χ0n) is 6.52. The average Bonchev–Trinajstić information content (AvgIpc) is 1.99. The lowest BCUT2D eigenvalue weighted by molar-refractivity contribution is -0.325. The fourth-order valence-electron chi connectivity index (χ4n) is 1.09. The predicted octanol–water partition coefficient (Wildman–Crippen LogP) is -1.66. The molecule has 0 fully saturated rings. The van der Waals surface area contributed by atoms with Crippen molar-refractivity contribution in [3.05, 3.63) is 23.8 Å². The minimum Gasteiger partial charge on any atom is -0.547 e. The zero-order valence-corrected chi connectivity index (χ0v) is 6.52. The molecule has 12 heavy (non-hydrogen) atoms. The molecule has 4 heteroatoms. The molecule has 0 spiro atoms. The Kier molecular flexibility index (Phi) is 2.04. The number of aliphatic carboxylic acids is 1. The van der Waals surface area contributed by atoms with E-state index >= 15 is 0 Å². The van der Waals surface area contributed by atoms with E-state index < -0.39 is 17.7 Å². The van der Waals surface area contributed by atoms with Crippen molar-refractivity contribution < 1.29 is 20.1 Å². The van der Waals surface area contributed by atoms with E-state index in [1.165, 1.54) is 25.2 Å². The molecule has 0 aliphatic heterocycles. The van der Waals surface area contributed by atoms with Crippen LogP contribution in [0.25, 0.3) is 0 Å². The van der Waals surface area contributed by atoms with Crippen LogP contribution in [-0.4, -0.2) is 27.9 Å². The molecule has 2 unspecified atom stereocenters. The monoisotopic (exact) mass is 169 g/mol. The van der Waals surface area contributed by atoms with Gasteiger partial charge in [-0.3, -0.25) is 0 Å². The lowest BCUT2D eigenvalue weighted by atomic mass is 9.85. The Morgan fingerprint density at radius 3 is 2.67 bits per heavy atom. The summed E-state index contributed by atoms with van der Waals surface area (Å²) in [4.78, 5) is 10.5. The van der Waals surface area contributed by atoms with Gasteiger partial charge in [0.25, 0.3) is 0 Å². The van der Waals surface area contributed by atoms with Crippen molar-refractivity contribution in [3.63, 3.8) is 0 Å². The summed E-state index contributed by atoms with van der Waals surface area (Å²) in [6.07, 6.45) is 2.66. The van der Waals surface area contributed by atoms with Crippen LogP contribution in [0.15, 0.2) is 23.8 Å². The molecular formula is C8H9O4-. The highest BCUT2D eigenvalue weighted by Crippen LogP contribution is 2.24. The van der Waals surface area contributed by atoms with Gasteiger partial charge in [-0.1, -0.05) is 18.2 Å². The van der Waals surface area contributed by atoms with Gasteiger partial charge in [-0.15, -0.1) is 0 Å². The van der Waals surface area contributed by atoms with Crippen molar-refractivity contribution in [3.8, 4) is 0 Å². The van der Waals surface area contributed by atoms with E-state index in [9.17, 15) is 20.1 Å². The molecule has 0 aromatic heterocycles. The molecule has 0 heterocycles. The van der Waals surface area contributed by atoms with E-state index in [0.717, 1.165) is 0 Å². The fraction of sp³-hybridized carbons (Fsp3) is 0.375. The molecule has 0 bridgehead atoms. The van der Waals surface area contributed by atoms with E-state index in [2.05, 4.69) is 0 Å². The van der Waals surface area contributed by atoms with Crippen LogP contribution < -0.4 is 5.11 Å². The Morgan fingerprint density at radius 2 is 2.33 bits per heavy atom. The predicted molar refractivity (Wildman–Crippen MR) is 38.9 cm³/mol. The summed E-state index contributed by atoms with van der Waals surface area (Å²) < 4.78 is 0. The number of carboxylic acid groups (broad SMARTS) is 1. The highest BCUT2D eigenvalue weighted by Gasteiger charge is 2.38. The number of carbonyl (C=O) groups is 1. The first-order valence-corrected chi connectivity index (χ1v) is 3.47. The third kappa shape index (κ3) is 1.05. The molecular weight excluding hydrogens is 160 g/mol. The summed E-state index contributed by atoms with van der Waals surface area (Å²) in [5.74, 6) is -1.69. The summed E-state index contributed by atoms with van der Waals surface area (Å²) in [7, 11) is 0. The maximum atomic E-state index is 10.5. The minimum absolute atomic E-state index is 0.164. The normalized spacial score (nSPS) is 34.6. The lowest BCUT2D eigenvalue weighted by Gasteiger charge is -2.34. The van der Waals surface area contributed by atoms with Crippen LogP contribution in [0.4, 0.5) is 0 Å². The van der Waals surface area contributed by atoms with E-state index in [-0.39, 0.29) is 5.57 Å². The van der Waals surface area contributed by atoms with Gasteiger partial charge >= 0.3 is 0 Å². The van der Waals surface area contributed by atoms with Crippen molar-refractivity contribution in [1.82, 2.24) is 0 Å². The van der Waals surface area contributed by atoms with E-state index in [1.54, 1.807) is 0 Å². The molecule has 0 amide bonds. The number of aliphatic hydroxyl groups is 2. The summed E-state index contributed by atoms with van der Waals surface area (Å²) >= 11 is 0. The second-order valence-electron chi connectivity index (χ2n) is 2.73. The molecule has 0 aromatic carbocycles. The SMILES string of the molecule is CC1=CC=CC(O)C1(O)C(=O)[O-]. The number of hydrogen-bond donors (Lipinski definition) is 2. The maximum Gasteiger partial charge on any atom is 0.154 e. The van der Waals surface area contributed by atoms with Gasteiger partial charge < -0.3 is 20.1 Å². The largest absolute Gasteiger partial charge is 0.547 e. The lowest BCUT2D eigenvalue weighted by Crippen LogP contribution is -2.57. The van der Waals surface area contributed by atoms with E-state index in [0.29, 0.717) is 0 Å². The van der Waals surface area contributed by atoms with E-state index in [1.807, 2.05) is 0 Å². The van der Waals surface area contributed by atoms with Gasteiger partial charge in [0.05, 0.1) is 5.97 Å². The highest BCUT2D eigenvalue weighted by atomic mass is 16.4. The topological polar surface area (TPSA) is 80.6 Å². The average molecular weight is 169 g/mol. The number of aliphatic hydroxyl groups excluding tert-OH is 1. The molecule has 0 saturated heterocycles. The van der Waals surface area contributed by atoms with Crippen LogP contribution in [0.3, 0.4) is 0 Å². The first-order chi connectivity index (χ1) is 5.49. The second-order valence-corrected chi connectivity index (χ2v) is 2.73. The molecule has 2 N–H and O–H groups in total. The Morgan fingerprint density at radius 1 is 1.75 bits per heavy atom. The van der Waals surface area contributed by atoms with Crippen molar-refractivity contribution in [2.75, 3.05) is 0 Å². The van der Waals surface area contributed by atoms with Crippen molar-refractivity contribution in [2.45, 2.75) is 18.6 Å². The van der Waals surface area contributed by atoms with Crippen LogP contribution >= 0.6 is 0 Å². The first kappa shape index (κ1) is 8.96. The van der Waals surface area contributed by atoms with Gasteiger partial charge in [0.1, 0.15) is 6.10 Å². The van der Waals surface area contributed by atoms with Crippen molar-refractivity contribution in [2.24, 2.45) is 0 Å².